The van der Waals surface area contributed by atoms with Crippen molar-refractivity contribution in [3.63, 3.8) is 0 Å². The fraction of sp³-hybridized carbons (Fsp3) is 1.00. The molecule has 1 unspecified atom stereocenters. The first-order chi connectivity index (χ1) is 6.36. The molecule has 3 heteroatoms. The van der Waals surface area contributed by atoms with E-state index in [0.29, 0.717) is 12.0 Å². The number of aliphatic hydroxyl groups is 1. The van der Waals surface area contributed by atoms with Crippen LogP contribution in [0.4, 0.5) is 0 Å². The molecule has 1 aliphatic carbocycles. The molecule has 0 radical (unpaired) electrons. The highest BCUT2D eigenvalue weighted by molar-refractivity contribution is 4.84. The van der Waals surface area contributed by atoms with E-state index in [2.05, 4.69) is 10.6 Å². The summed E-state index contributed by atoms with van der Waals surface area (Å²) in [6.45, 7) is 3.05. The predicted octanol–water partition coefficient (Wildman–Crippen LogP) is 0.0989. The molecule has 1 aliphatic heterocycles. The quantitative estimate of drug-likeness (QED) is 0.580. The Morgan fingerprint density at radius 2 is 1.92 bits per heavy atom. The molecule has 2 fully saturated rings. The van der Waals surface area contributed by atoms with E-state index >= 15 is 0 Å². The monoisotopic (exact) mass is 184 g/mol. The van der Waals surface area contributed by atoms with Crippen LogP contribution in [0.2, 0.25) is 0 Å². The highest BCUT2D eigenvalue weighted by Gasteiger charge is 2.29. The van der Waals surface area contributed by atoms with Gasteiger partial charge in [-0.25, -0.2) is 0 Å². The summed E-state index contributed by atoms with van der Waals surface area (Å²) >= 11 is 0. The first-order valence-corrected chi connectivity index (χ1v) is 5.48. The van der Waals surface area contributed by atoms with Crippen LogP contribution in [0.5, 0.6) is 0 Å². The maximum atomic E-state index is 9.64. The Kier molecular flexibility index (Phi) is 3.19. The van der Waals surface area contributed by atoms with E-state index in [4.69, 9.17) is 0 Å². The molecule has 1 atom stereocenters. The van der Waals surface area contributed by atoms with Crippen LogP contribution in [0.3, 0.4) is 0 Å². The smallest absolute Gasteiger partial charge is 0.0692 e. The molecule has 1 saturated heterocycles. The summed E-state index contributed by atoms with van der Waals surface area (Å²) in [6, 6.07) is 0.634. The Morgan fingerprint density at radius 1 is 1.23 bits per heavy atom. The molecule has 13 heavy (non-hydrogen) atoms. The van der Waals surface area contributed by atoms with Crippen LogP contribution >= 0.6 is 0 Å². The van der Waals surface area contributed by atoms with Crippen LogP contribution in [-0.2, 0) is 0 Å². The highest BCUT2D eigenvalue weighted by atomic mass is 16.3. The van der Waals surface area contributed by atoms with Gasteiger partial charge in [0.15, 0.2) is 0 Å². The van der Waals surface area contributed by atoms with Crippen molar-refractivity contribution in [3.05, 3.63) is 0 Å². The molecule has 2 rings (SSSR count). The molecule has 2 aliphatic rings. The fourth-order valence-corrected chi connectivity index (χ4v) is 1.96. The van der Waals surface area contributed by atoms with Crippen molar-refractivity contribution in [1.29, 1.82) is 0 Å². The van der Waals surface area contributed by atoms with Gasteiger partial charge in [0.25, 0.3) is 0 Å². The second-order valence-corrected chi connectivity index (χ2v) is 4.34. The molecule has 0 aromatic heterocycles. The third kappa shape index (κ3) is 2.93. The van der Waals surface area contributed by atoms with E-state index in [9.17, 15) is 5.11 Å². The van der Waals surface area contributed by atoms with Gasteiger partial charge in [-0.05, 0) is 44.7 Å². The van der Waals surface area contributed by atoms with Crippen LogP contribution in [0.1, 0.15) is 25.7 Å². The van der Waals surface area contributed by atoms with Gasteiger partial charge in [0.05, 0.1) is 6.10 Å². The van der Waals surface area contributed by atoms with Gasteiger partial charge in [-0.15, -0.1) is 0 Å². The van der Waals surface area contributed by atoms with E-state index in [1.54, 1.807) is 0 Å². The van der Waals surface area contributed by atoms with Gasteiger partial charge < -0.3 is 15.7 Å². The number of aliphatic hydroxyl groups excluding tert-OH is 1. The largest absolute Gasteiger partial charge is 0.392 e. The Bertz CT molecular complexity index is 153. The molecule has 0 aromatic rings. The van der Waals surface area contributed by atoms with Crippen molar-refractivity contribution < 1.29 is 5.11 Å². The zero-order valence-corrected chi connectivity index (χ0v) is 8.13. The summed E-state index contributed by atoms with van der Waals surface area (Å²) in [4.78, 5) is 0. The van der Waals surface area contributed by atoms with E-state index in [1.807, 2.05) is 0 Å². The summed E-state index contributed by atoms with van der Waals surface area (Å²) in [7, 11) is 0. The summed E-state index contributed by atoms with van der Waals surface area (Å²) < 4.78 is 0. The third-order valence-electron chi connectivity index (χ3n) is 3.12. The topological polar surface area (TPSA) is 44.3 Å². The van der Waals surface area contributed by atoms with Crippen molar-refractivity contribution in [2.24, 2.45) is 5.92 Å². The van der Waals surface area contributed by atoms with Crippen LogP contribution < -0.4 is 10.6 Å². The molecule has 0 spiro atoms. The van der Waals surface area contributed by atoms with Gasteiger partial charge >= 0.3 is 0 Å². The van der Waals surface area contributed by atoms with Crippen LogP contribution in [0, 0.1) is 5.92 Å². The molecule has 1 saturated carbocycles. The van der Waals surface area contributed by atoms with Gasteiger partial charge in [-0.3, -0.25) is 0 Å². The molecular weight excluding hydrogens is 164 g/mol. The van der Waals surface area contributed by atoms with Crippen molar-refractivity contribution in [2.75, 3.05) is 19.6 Å². The minimum atomic E-state index is -0.0881. The molecule has 0 bridgehead atoms. The number of rotatable bonds is 4. The minimum Gasteiger partial charge on any atom is -0.392 e. The average Bonchev–Trinajstić information content (AvgIpc) is 2.99. The summed E-state index contributed by atoms with van der Waals surface area (Å²) in [5.41, 5.74) is 0. The van der Waals surface area contributed by atoms with Gasteiger partial charge in [-0.2, -0.15) is 0 Å². The second-order valence-electron chi connectivity index (χ2n) is 4.34. The average molecular weight is 184 g/mol. The molecule has 3 N–H and O–H groups in total. The molecule has 3 nitrogen and oxygen atoms in total. The van der Waals surface area contributed by atoms with Crippen molar-refractivity contribution in [1.82, 2.24) is 10.6 Å². The van der Waals surface area contributed by atoms with Gasteiger partial charge in [0.1, 0.15) is 0 Å². The Hall–Kier alpha value is -0.120. The maximum absolute atomic E-state index is 9.64. The highest BCUT2D eigenvalue weighted by Crippen LogP contribution is 2.32. The molecule has 0 aromatic carbocycles. The zero-order chi connectivity index (χ0) is 9.10. The predicted molar refractivity (Wildman–Crippen MR) is 52.6 cm³/mol. The van der Waals surface area contributed by atoms with Crippen LogP contribution in [0.25, 0.3) is 0 Å². The van der Waals surface area contributed by atoms with Crippen molar-refractivity contribution >= 4 is 0 Å². The lowest BCUT2D eigenvalue weighted by Gasteiger charge is -2.25. The van der Waals surface area contributed by atoms with Gasteiger partial charge in [0.2, 0.25) is 0 Å². The van der Waals surface area contributed by atoms with E-state index in [-0.39, 0.29) is 6.10 Å². The van der Waals surface area contributed by atoms with E-state index in [1.165, 1.54) is 25.7 Å². The zero-order valence-electron chi connectivity index (χ0n) is 8.13. The molecule has 1 heterocycles. The lowest BCUT2D eigenvalue weighted by molar-refractivity contribution is 0.142. The fourth-order valence-electron chi connectivity index (χ4n) is 1.96. The molecule has 0 amide bonds. The lowest BCUT2D eigenvalue weighted by atomic mass is 10.1. The Balaban J connectivity index is 1.60. The van der Waals surface area contributed by atoms with Gasteiger partial charge in [-0.1, -0.05) is 0 Å². The Labute approximate surface area is 79.9 Å². The minimum absolute atomic E-state index is 0.0881. The summed E-state index contributed by atoms with van der Waals surface area (Å²) in [5.74, 6) is 0.606. The van der Waals surface area contributed by atoms with E-state index in [0.717, 1.165) is 19.6 Å². The van der Waals surface area contributed by atoms with Gasteiger partial charge in [0, 0.05) is 12.6 Å². The summed E-state index contributed by atoms with van der Waals surface area (Å²) in [6.07, 6.45) is 4.79. The molecule has 76 valence electrons. The van der Waals surface area contributed by atoms with Crippen LogP contribution in [0.15, 0.2) is 0 Å². The number of hydrogen-bond donors (Lipinski definition) is 3. The third-order valence-corrected chi connectivity index (χ3v) is 3.12. The standard InChI is InChI=1S/C10H20N2O/c13-10(8-1-2-8)7-12-9-3-5-11-6-4-9/h8-13H,1-7H2. The summed E-state index contributed by atoms with van der Waals surface area (Å²) in [5, 5.41) is 16.4. The molecular formula is C10H20N2O. The second kappa shape index (κ2) is 4.40. The van der Waals surface area contributed by atoms with E-state index < -0.39 is 0 Å². The Morgan fingerprint density at radius 3 is 2.54 bits per heavy atom. The van der Waals surface area contributed by atoms with Crippen molar-refractivity contribution in [3.8, 4) is 0 Å². The first-order valence-electron chi connectivity index (χ1n) is 5.48. The maximum Gasteiger partial charge on any atom is 0.0692 e. The van der Waals surface area contributed by atoms with Crippen LogP contribution in [-0.4, -0.2) is 36.9 Å². The number of piperidine rings is 1. The number of nitrogens with one attached hydrogen (secondary N) is 2. The SMILES string of the molecule is OC(CNC1CCNCC1)C1CC1. The van der Waals surface area contributed by atoms with Crippen molar-refractivity contribution in [2.45, 2.75) is 37.8 Å². The normalized spacial score (nSPS) is 27.5. The lowest BCUT2D eigenvalue weighted by Crippen LogP contribution is -2.43. The number of hydrogen-bond acceptors (Lipinski definition) is 3. The first kappa shape index (κ1) is 9.44.